The van der Waals surface area contributed by atoms with E-state index >= 15 is 0 Å². The SMILES string of the molecule is COc1ccccc1OCC(=O)N(Cc1ccccc1)c1nc2c(C)c(Cl)ccc2s1. The van der Waals surface area contributed by atoms with Crippen LogP contribution in [0.1, 0.15) is 11.1 Å². The number of aromatic nitrogens is 1. The number of nitrogens with zero attached hydrogens (tertiary/aromatic N) is 2. The van der Waals surface area contributed by atoms with E-state index < -0.39 is 0 Å². The van der Waals surface area contributed by atoms with Crippen LogP contribution in [0.5, 0.6) is 11.5 Å². The Balaban J connectivity index is 1.64. The Morgan fingerprint density at radius 2 is 1.74 bits per heavy atom. The van der Waals surface area contributed by atoms with Crippen LogP contribution in [-0.2, 0) is 11.3 Å². The zero-order chi connectivity index (χ0) is 21.8. The maximum Gasteiger partial charge on any atom is 0.267 e. The summed E-state index contributed by atoms with van der Waals surface area (Å²) in [5.74, 6) is 0.901. The molecule has 5 nitrogen and oxygen atoms in total. The lowest BCUT2D eigenvalue weighted by Crippen LogP contribution is -2.34. The summed E-state index contributed by atoms with van der Waals surface area (Å²) in [5, 5.41) is 1.27. The molecule has 31 heavy (non-hydrogen) atoms. The number of methoxy groups -OCH3 is 1. The van der Waals surface area contributed by atoms with Gasteiger partial charge in [-0.15, -0.1) is 0 Å². The topological polar surface area (TPSA) is 51.7 Å². The zero-order valence-electron chi connectivity index (χ0n) is 17.2. The molecule has 0 aliphatic rings. The van der Waals surface area contributed by atoms with Crippen molar-refractivity contribution in [2.45, 2.75) is 13.5 Å². The predicted octanol–water partition coefficient (Wildman–Crippen LogP) is 5.88. The smallest absolute Gasteiger partial charge is 0.267 e. The molecule has 4 aromatic rings. The molecule has 0 unspecified atom stereocenters. The van der Waals surface area contributed by atoms with Gasteiger partial charge < -0.3 is 9.47 Å². The number of benzene rings is 3. The highest BCUT2D eigenvalue weighted by Gasteiger charge is 2.22. The third kappa shape index (κ3) is 4.65. The number of para-hydroxylation sites is 2. The van der Waals surface area contributed by atoms with Crippen molar-refractivity contribution in [3.8, 4) is 11.5 Å². The van der Waals surface area contributed by atoms with E-state index in [-0.39, 0.29) is 12.5 Å². The highest BCUT2D eigenvalue weighted by molar-refractivity contribution is 7.22. The maximum atomic E-state index is 13.3. The third-order valence-corrected chi connectivity index (χ3v) is 6.33. The van der Waals surface area contributed by atoms with Crippen molar-refractivity contribution in [2.24, 2.45) is 0 Å². The van der Waals surface area contributed by atoms with Gasteiger partial charge in [0.2, 0.25) is 0 Å². The minimum absolute atomic E-state index is 0.136. The van der Waals surface area contributed by atoms with Crippen LogP contribution >= 0.6 is 22.9 Å². The first-order chi connectivity index (χ1) is 15.1. The molecule has 0 aliphatic heterocycles. The largest absolute Gasteiger partial charge is 0.493 e. The fourth-order valence-corrected chi connectivity index (χ4v) is 4.38. The van der Waals surface area contributed by atoms with Crippen molar-refractivity contribution in [3.05, 3.63) is 82.9 Å². The summed E-state index contributed by atoms with van der Waals surface area (Å²) in [6, 6.07) is 20.9. The van der Waals surface area contributed by atoms with Gasteiger partial charge in [0.25, 0.3) is 5.91 Å². The number of fused-ring (bicyclic) bond motifs is 1. The summed E-state index contributed by atoms with van der Waals surface area (Å²) >= 11 is 7.73. The number of carbonyl (C=O) groups is 1. The quantitative estimate of drug-likeness (QED) is 0.351. The fourth-order valence-electron chi connectivity index (χ4n) is 3.19. The molecule has 0 radical (unpaired) electrons. The first-order valence-corrected chi connectivity index (χ1v) is 10.9. The van der Waals surface area contributed by atoms with E-state index in [0.29, 0.717) is 28.2 Å². The van der Waals surface area contributed by atoms with Crippen molar-refractivity contribution in [1.82, 2.24) is 4.98 Å². The third-order valence-electron chi connectivity index (χ3n) is 4.87. The molecule has 1 aromatic heterocycles. The van der Waals surface area contributed by atoms with Crippen molar-refractivity contribution >= 4 is 44.2 Å². The van der Waals surface area contributed by atoms with Gasteiger partial charge in [-0.05, 0) is 42.3 Å². The second-order valence-electron chi connectivity index (χ2n) is 6.92. The van der Waals surface area contributed by atoms with Gasteiger partial charge in [-0.25, -0.2) is 4.98 Å². The zero-order valence-corrected chi connectivity index (χ0v) is 18.7. The molecule has 0 N–H and O–H groups in total. The van der Waals surface area contributed by atoms with Crippen molar-refractivity contribution in [3.63, 3.8) is 0 Å². The molecule has 0 spiro atoms. The van der Waals surface area contributed by atoms with Gasteiger partial charge in [-0.2, -0.15) is 0 Å². The lowest BCUT2D eigenvalue weighted by Gasteiger charge is -2.20. The van der Waals surface area contributed by atoms with E-state index in [2.05, 4.69) is 0 Å². The van der Waals surface area contributed by atoms with Crippen LogP contribution < -0.4 is 14.4 Å². The number of rotatable bonds is 7. The monoisotopic (exact) mass is 452 g/mol. The molecule has 0 atom stereocenters. The lowest BCUT2D eigenvalue weighted by molar-refractivity contribution is -0.120. The van der Waals surface area contributed by atoms with Gasteiger partial charge >= 0.3 is 0 Å². The van der Waals surface area contributed by atoms with Gasteiger partial charge in [-0.1, -0.05) is 65.4 Å². The van der Waals surface area contributed by atoms with E-state index in [9.17, 15) is 4.79 Å². The normalized spacial score (nSPS) is 10.8. The summed E-state index contributed by atoms with van der Waals surface area (Å²) in [5.41, 5.74) is 2.71. The fraction of sp³-hybridized carbons (Fsp3) is 0.167. The Kier molecular flexibility index (Phi) is 6.39. The number of carbonyl (C=O) groups excluding carboxylic acids is 1. The van der Waals surface area contributed by atoms with Gasteiger partial charge in [0, 0.05) is 5.02 Å². The first-order valence-electron chi connectivity index (χ1n) is 9.72. The molecule has 0 bridgehead atoms. The molecule has 1 heterocycles. The molecular weight excluding hydrogens is 432 g/mol. The van der Waals surface area contributed by atoms with Gasteiger partial charge in [0.1, 0.15) is 0 Å². The van der Waals surface area contributed by atoms with E-state index in [1.54, 1.807) is 24.1 Å². The van der Waals surface area contributed by atoms with Crippen LogP contribution in [-0.4, -0.2) is 24.6 Å². The molecule has 0 saturated carbocycles. The summed E-state index contributed by atoms with van der Waals surface area (Å²) in [6.45, 7) is 2.19. The summed E-state index contributed by atoms with van der Waals surface area (Å²) in [6.07, 6.45) is 0. The summed E-state index contributed by atoms with van der Waals surface area (Å²) < 4.78 is 12.1. The van der Waals surface area contributed by atoms with Crippen LogP contribution in [0.3, 0.4) is 0 Å². The van der Waals surface area contributed by atoms with Crippen LogP contribution in [0.15, 0.2) is 66.7 Å². The standard InChI is InChI=1S/C24H21ClN2O3S/c1-16-18(25)12-13-21-23(16)26-24(31-21)27(14-17-8-4-3-5-9-17)22(28)15-30-20-11-7-6-10-19(20)29-2/h3-13H,14-15H2,1-2H3. The molecule has 4 rings (SSSR count). The van der Waals surface area contributed by atoms with E-state index in [1.807, 2.05) is 61.5 Å². The maximum absolute atomic E-state index is 13.3. The van der Waals surface area contributed by atoms with E-state index in [1.165, 1.54) is 11.3 Å². The lowest BCUT2D eigenvalue weighted by atomic mass is 10.2. The molecule has 3 aromatic carbocycles. The van der Waals surface area contributed by atoms with Crippen LogP contribution in [0.2, 0.25) is 5.02 Å². The van der Waals surface area contributed by atoms with Crippen molar-refractivity contribution in [2.75, 3.05) is 18.6 Å². The number of ether oxygens (including phenoxy) is 2. The number of aryl methyl sites for hydroxylation is 1. The molecule has 0 aliphatic carbocycles. The van der Waals surface area contributed by atoms with Gasteiger partial charge in [0.15, 0.2) is 23.2 Å². The minimum Gasteiger partial charge on any atom is -0.493 e. The number of hydrogen-bond donors (Lipinski definition) is 0. The Morgan fingerprint density at radius 3 is 2.48 bits per heavy atom. The minimum atomic E-state index is -0.197. The van der Waals surface area contributed by atoms with Crippen molar-refractivity contribution in [1.29, 1.82) is 0 Å². The second-order valence-corrected chi connectivity index (χ2v) is 8.34. The Morgan fingerprint density at radius 1 is 1.03 bits per heavy atom. The average molecular weight is 453 g/mol. The first kappa shape index (κ1) is 21.2. The van der Waals surface area contributed by atoms with Crippen LogP contribution in [0, 0.1) is 6.92 Å². The van der Waals surface area contributed by atoms with E-state index in [4.69, 9.17) is 26.1 Å². The second kappa shape index (κ2) is 9.37. The van der Waals surface area contributed by atoms with Crippen LogP contribution in [0.25, 0.3) is 10.2 Å². The molecule has 158 valence electrons. The van der Waals surface area contributed by atoms with Crippen LogP contribution in [0.4, 0.5) is 5.13 Å². The summed E-state index contributed by atoms with van der Waals surface area (Å²) in [7, 11) is 1.57. The molecule has 0 fully saturated rings. The Labute approximate surface area is 189 Å². The van der Waals surface area contributed by atoms with Gasteiger partial charge in [-0.3, -0.25) is 9.69 Å². The number of thiazole rings is 1. The number of halogens is 1. The number of anilines is 1. The highest BCUT2D eigenvalue weighted by Crippen LogP contribution is 2.34. The predicted molar refractivity (Wildman–Crippen MR) is 125 cm³/mol. The average Bonchev–Trinajstić information content (AvgIpc) is 3.24. The van der Waals surface area contributed by atoms with Gasteiger partial charge in [0.05, 0.1) is 23.9 Å². The molecule has 0 saturated heterocycles. The summed E-state index contributed by atoms with van der Waals surface area (Å²) in [4.78, 5) is 19.6. The number of amides is 1. The van der Waals surface area contributed by atoms with E-state index in [0.717, 1.165) is 21.3 Å². The molecular formula is C24H21ClN2O3S. The van der Waals surface area contributed by atoms with Crippen molar-refractivity contribution < 1.29 is 14.3 Å². The molecule has 1 amide bonds. The Hall–Kier alpha value is -3.09. The Bertz CT molecular complexity index is 1210. The highest BCUT2D eigenvalue weighted by atomic mass is 35.5. The number of hydrogen-bond acceptors (Lipinski definition) is 5. The molecule has 7 heteroatoms.